The van der Waals surface area contributed by atoms with E-state index < -0.39 is 23.8 Å². The Bertz CT molecular complexity index is 406. The van der Waals surface area contributed by atoms with Crippen LogP contribution < -0.4 is 11.1 Å². The van der Waals surface area contributed by atoms with E-state index >= 15 is 0 Å². The van der Waals surface area contributed by atoms with Gasteiger partial charge in [-0.15, -0.1) is 0 Å². The molecule has 0 aliphatic heterocycles. The molecule has 2 unspecified atom stereocenters. The molecular formula is C12H19N3O4. The largest absolute Gasteiger partial charge is 0.481 e. The van der Waals surface area contributed by atoms with Gasteiger partial charge >= 0.3 is 12.0 Å². The fraction of sp³-hybridized carbons (Fsp3) is 0.583. The molecule has 7 heteroatoms. The van der Waals surface area contributed by atoms with Crippen molar-refractivity contribution in [3.05, 3.63) is 12.2 Å². The van der Waals surface area contributed by atoms with Crippen molar-refractivity contribution in [3.63, 3.8) is 0 Å². The van der Waals surface area contributed by atoms with Crippen molar-refractivity contribution in [1.82, 2.24) is 10.2 Å². The number of nitrogens with zero attached hydrogens (tertiary/aromatic N) is 1. The first-order valence-corrected chi connectivity index (χ1v) is 6.07. The van der Waals surface area contributed by atoms with Crippen LogP contribution in [0.4, 0.5) is 4.79 Å². The minimum absolute atomic E-state index is 0.164. The highest BCUT2D eigenvalue weighted by Crippen LogP contribution is 2.18. The Hall–Kier alpha value is -2.05. The Morgan fingerprint density at radius 3 is 2.47 bits per heavy atom. The minimum atomic E-state index is -0.911. The summed E-state index contributed by atoms with van der Waals surface area (Å²) in [4.78, 5) is 35.0. The van der Waals surface area contributed by atoms with Crippen molar-refractivity contribution < 1.29 is 19.5 Å². The van der Waals surface area contributed by atoms with E-state index in [2.05, 4.69) is 5.32 Å². The molecule has 0 saturated carbocycles. The van der Waals surface area contributed by atoms with Crippen molar-refractivity contribution >= 4 is 17.9 Å². The lowest BCUT2D eigenvalue weighted by atomic mass is 10.1. The second-order valence-electron chi connectivity index (χ2n) is 4.81. The van der Waals surface area contributed by atoms with Gasteiger partial charge in [0, 0.05) is 6.04 Å². The van der Waals surface area contributed by atoms with Gasteiger partial charge in [0.2, 0.25) is 5.91 Å². The number of amides is 3. The van der Waals surface area contributed by atoms with E-state index in [0.717, 1.165) is 0 Å². The topological polar surface area (TPSA) is 113 Å². The van der Waals surface area contributed by atoms with Crippen LogP contribution in [0.5, 0.6) is 0 Å². The molecule has 3 amide bonds. The third kappa shape index (κ3) is 4.27. The third-order valence-corrected chi connectivity index (χ3v) is 2.92. The summed E-state index contributed by atoms with van der Waals surface area (Å²) in [5.74, 6) is -2.07. The number of aliphatic carboxylic acids is 1. The lowest BCUT2D eigenvalue weighted by Gasteiger charge is -2.27. The highest BCUT2D eigenvalue weighted by atomic mass is 16.4. The predicted molar refractivity (Wildman–Crippen MR) is 68.2 cm³/mol. The van der Waals surface area contributed by atoms with Crippen molar-refractivity contribution in [2.45, 2.75) is 32.4 Å². The zero-order chi connectivity index (χ0) is 14.6. The van der Waals surface area contributed by atoms with E-state index in [0.29, 0.717) is 6.42 Å². The molecule has 2 atom stereocenters. The SMILES string of the molecule is CC(C)N(CC(N)=O)C(=O)NC1C=CC(C(=O)O)C1. The van der Waals surface area contributed by atoms with Crippen molar-refractivity contribution in [1.29, 1.82) is 0 Å². The number of hydrogen-bond donors (Lipinski definition) is 3. The van der Waals surface area contributed by atoms with Gasteiger partial charge in [-0.25, -0.2) is 4.79 Å². The number of primary amides is 1. The lowest BCUT2D eigenvalue weighted by Crippen LogP contribution is -2.50. The van der Waals surface area contributed by atoms with Crippen LogP contribution in [0.1, 0.15) is 20.3 Å². The molecular weight excluding hydrogens is 250 g/mol. The predicted octanol–water partition coefficient (Wildman–Crippen LogP) is -0.0790. The van der Waals surface area contributed by atoms with Crippen molar-refractivity contribution in [2.24, 2.45) is 11.7 Å². The maximum Gasteiger partial charge on any atom is 0.318 e. The number of urea groups is 1. The molecule has 4 N–H and O–H groups in total. The number of carboxylic acids is 1. The van der Waals surface area contributed by atoms with Crippen LogP contribution in [0.15, 0.2) is 12.2 Å². The number of hydrogen-bond acceptors (Lipinski definition) is 3. The number of carbonyl (C=O) groups is 3. The summed E-state index contributed by atoms with van der Waals surface area (Å²) in [6.07, 6.45) is 3.53. The van der Waals surface area contributed by atoms with E-state index in [-0.39, 0.29) is 18.6 Å². The zero-order valence-corrected chi connectivity index (χ0v) is 11.0. The van der Waals surface area contributed by atoms with Crippen LogP contribution in [0.25, 0.3) is 0 Å². The van der Waals surface area contributed by atoms with Gasteiger partial charge < -0.3 is 21.1 Å². The molecule has 0 aromatic heterocycles. The fourth-order valence-corrected chi connectivity index (χ4v) is 1.89. The summed E-state index contributed by atoms with van der Waals surface area (Å²) in [5, 5.41) is 11.5. The summed E-state index contributed by atoms with van der Waals surface area (Å²) in [5.41, 5.74) is 5.09. The van der Waals surface area contributed by atoms with E-state index in [1.807, 2.05) is 0 Å². The molecule has 0 spiro atoms. The van der Waals surface area contributed by atoms with Crippen molar-refractivity contribution in [2.75, 3.05) is 6.54 Å². The van der Waals surface area contributed by atoms with Crippen molar-refractivity contribution in [3.8, 4) is 0 Å². The first-order chi connectivity index (χ1) is 8.81. The average Bonchev–Trinajstić information content (AvgIpc) is 2.73. The van der Waals surface area contributed by atoms with Gasteiger partial charge in [-0.3, -0.25) is 9.59 Å². The lowest BCUT2D eigenvalue weighted by molar-refractivity contribution is -0.140. The molecule has 1 rings (SSSR count). The zero-order valence-electron chi connectivity index (χ0n) is 11.0. The minimum Gasteiger partial charge on any atom is -0.481 e. The number of nitrogens with two attached hydrogens (primary N) is 1. The number of carbonyl (C=O) groups excluding carboxylic acids is 2. The average molecular weight is 269 g/mol. The molecule has 106 valence electrons. The molecule has 0 saturated heterocycles. The molecule has 0 aromatic rings. The Balaban J connectivity index is 2.56. The maximum atomic E-state index is 12.0. The molecule has 0 fully saturated rings. The van der Waals surface area contributed by atoms with Gasteiger partial charge in [0.15, 0.2) is 0 Å². The molecule has 0 bridgehead atoms. The molecule has 7 nitrogen and oxygen atoms in total. The number of rotatable bonds is 5. The highest BCUT2D eigenvalue weighted by molar-refractivity contribution is 5.83. The van der Waals surface area contributed by atoms with E-state index in [4.69, 9.17) is 10.8 Å². The van der Waals surface area contributed by atoms with Crippen LogP contribution >= 0.6 is 0 Å². The third-order valence-electron chi connectivity index (χ3n) is 2.92. The number of carboxylic acid groups (broad SMARTS) is 1. The Labute approximate surface area is 111 Å². The van der Waals surface area contributed by atoms with Crippen LogP contribution in [0.2, 0.25) is 0 Å². The van der Waals surface area contributed by atoms with Crippen LogP contribution in [0, 0.1) is 5.92 Å². The molecule has 0 heterocycles. The van der Waals surface area contributed by atoms with Crippen LogP contribution in [-0.2, 0) is 9.59 Å². The molecule has 1 aliphatic carbocycles. The van der Waals surface area contributed by atoms with Gasteiger partial charge in [-0.1, -0.05) is 12.2 Å². The quantitative estimate of drug-likeness (QED) is 0.606. The summed E-state index contributed by atoms with van der Waals surface area (Å²) >= 11 is 0. The van der Waals surface area contributed by atoms with Gasteiger partial charge in [-0.2, -0.15) is 0 Å². The maximum absolute atomic E-state index is 12.0. The first kappa shape index (κ1) is 15.0. The van der Waals surface area contributed by atoms with E-state index in [1.54, 1.807) is 26.0 Å². The Kier molecular flexibility index (Phi) is 4.91. The van der Waals surface area contributed by atoms with Gasteiger partial charge in [0.1, 0.15) is 6.54 Å². The molecule has 0 aromatic carbocycles. The monoisotopic (exact) mass is 269 g/mol. The molecule has 19 heavy (non-hydrogen) atoms. The molecule has 0 radical (unpaired) electrons. The van der Waals surface area contributed by atoms with Gasteiger partial charge in [0.25, 0.3) is 0 Å². The Morgan fingerprint density at radius 2 is 2.05 bits per heavy atom. The summed E-state index contributed by atoms with van der Waals surface area (Å²) in [6.45, 7) is 3.38. The smallest absolute Gasteiger partial charge is 0.318 e. The summed E-state index contributed by atoms with van der Waals surface area (Å²) in [6, 6.07) is -0.926. The van der Waals surface area contributed by atoms with Gasteiger partial charge in [-0.05, 0) is 20.3 Å². The summed E-state index contributed by atoms with van der Waals surface area (Å²) in [7, 11) is 0. The summed E-state index contributed by atoms with van der Waals surface area (Å²) < 4.78 is 0. The number of nitrogens with one attached hydrogen (secondary N) is 1. The highest BCUT2D eigenvalue weighted by Gasteiger charge is 2.27. The van der Waals surface area contributed by atoms with Gasteiger partial charge in [0.05, 0.1) is 12.0 Å². The normalized spacial score (nSPS) is 21.4. The van der Waals surface area contributed by atoms with E-state index in [1.165, 1.54) is 4.90 Å². The van der Waals surface area contributed by atoms with Crippen LogP contribution in [0.3, 0.4) is 0 Å². The second-order valence-corrected chi connectivity index (χ2v) is 4.81. The molecule has 1 aliphatic rings. The first-order valence-electron chi connectivity index (χ1n) is 6.07. The van der Waals surface area contributed by atoms with E-state index in [9.17, 15) is 14.4 Å². The standard InChI is InChI=1S/C12H19N3O4/c1-7(2)15(6-10(13)16)12(19)14-9-4-3-8(5-9)11(17)18/h3-4,7-9H,5-6H2,1-2H3,(H2,13,16)(H,14,19)(H,17,18). The Morgan fingerprint density at radius 1 is 1.42 bits per heavy atom. The van der Waals surface area contributed by atoms with Crippen LogP contribution in [-0.4, -0.2) is 46.5 Å². The fourth-order valence-electron chi connectivity index (χ4n) is 1.89. The second kappa shape index (κ2) is 6.21.